The number of epoxide rings is 1. The monoisotopic (exact) mass is 873 g/mol. The lowest BCUT2D eigenvalue weighted by atomic mass is 9.83. The van der Waals surface area contributed by atoms with Crippen molar-refractivity contribution >= 4 is 35.7 Å². The van der Waals surface area contributed by atoms with Gasteiger partial charge in [-0.25, -0.2) is 14.4 Å². The van der Waals surface area contributed by atoms with Gasteiger partial charge in [-0.1, -0.05) is 96.9 Å². The zero-order valence-corrected chi connectivity index (χ0v) is 37.1. The van der Waals surface area contributed by atoms with Crippen molar-refractivity contribution in [3.63, 3.8) is 0 Å². The van der Waals surface area contributed by atoms with Crippen LogP contribution in [0, 0.1) is 5.92 Å². The number of rotatable bonds is 17. The minimum Gasteiger partial charge on any atom is -0.495 e. The van der Waals surface area contributed by atoms with Crippen LogP contribution in [-0.2, 0) is 39.7 Å². The maximum atomic E-state index is 13.7. The highest BCUT2D eigenvalue weighted by Crippen LogP contribution is 2.49. The predicted molar refractivity (Wildman–Crippen MR) is 232 cm³/mol. The summed E-state index contributed by atoms with van der Waals surface area (Å²) in [6, 6.07) is 20.5. The van der Waals surface area contributed by atoms with Crippen LogP contribution < -0.4 is 15.4 Å². The number of amides is 3. The highest BCUT2D eigenvalue weighted by molar-refractivity contribution is 6.32. The minimum absolute atomic E-state index is 0.0692. The van der Waals surface area contributed by atoms with E-state index in [0.717, 1.165) is 38.3 Å². The lowest BCUT2D eigenvalue weighted by molar-refractivity contribution is -0.158. The molecule has 1 aliphatic carbocycles. The number of alkyl carbamates (subject to hydrolysis) is 1. The quantitative estimate of drug-likeness (QED) is 0.0570. The normalized spacial score (nSPS) is 23.8. The van der Waals surface area contributed by atoms with Gasteiger partial charge in [0.05, 0.1) is 24.7 Å². The van der Waals surface area contributed by atoms with Crippen molar-refractivity contribution in [3.8, 4) is 16.9 Å². The number of aliphatic hydroxyl groups is 1. The molecular formula is C47H56ClN3O11. The molecule has 2 aliphatic heterocycles. The van der Waals surface area contributed by atoms with Crippen LogP contribution in [-0.4, -0.2) is 111 Å². The Bertz CT molecular complexity index is 2170. The number of halogens is 1. The van der Waals surface area contributed by atoms with Crippen molar-refractivity contribution < 1.29 is 52.7 Å². The largest absolute Gasteiger partial charge is 0.495 e. The minimum atomic E-state index is -1.86. The number of carbonyl (C=O) groups is 4. The lowest BCUT2D eigenvalue weighted by Gasteiger charge is -2.42. The molecule has 0 bridgehead atoms. The molecule has 332 valence electrons. The summed E-state index contributed by atoms with van der Waals surface area (Å²) in [6.07, 6.45) is 0.443. The van der Waals surface area contributed by atoms with Crippen molar-refractivity contribution in [2.24, 2.45) is 5.92 Å². The van der Waals surface area contributed by atoms with Crippen LogP contribution in [0.2, 0.25) is 5.02 Å². The van der Waals surface area contributed by atoms with Gasteiger partial charge in [0.1, 0.15) is 42.3 Å². The Morgan fingerprint density at radius 1 is 1.06 bits per heavy atom. The number of carbonyl (C=O) groups excluding carboxylic acids is 4. The standard InChI is InChI=1S/C47H56ClN3O11/c1-27(22-30-20-21-36(48)37(23-30)57-7)14-13-19-39(58-8)47(56)25-38(60-44(54)50-47)28(2)42-46(4,62-42)40(24-41(52)49-5)61-43(53)29(3)51(6)45(55)59-26-35-33-17-11-9-15-31(33)32-16-10-12-18-34(32)35/h9-21,23,28-29,35,38-40,42,56H,22,24-26H2,1-8H3,(H,49,52)(H,50,54)/b19-13+,27-14+. The van der Waals surface area contributed by atoms with Gasteiger partial charge in [0.15, 0.2) is 5.72 Å². The van der Waals surface area contributed by atoms with E-state index in [4.69, 9.17) is 40.0 Å². The highest BCUT2D eigenvalue weighted by atomic mass is 35.5. The summed E-state index contributed by atoms with van der Waals surface area (Å²) in [7, 11) is 5.90. The number of fused-ring (bicyclic) bond motifs is 3. The first kappa shape index (κ1) is 46.1. The van der Waals surface area contributed by atoms with Crippen molar-refractivity contribution in [1.29, 1.82) is 0 Å². The summed E-state index contributed by atoms with van der Waals surface area (Å²) in [5, 5.41) is 17.4. The van der Waals surface area contributed by atoms with Gasteiger partial charge in [-0.15, -0.1) is 0 Å². The van der Waals surface area contributed by atoms with Crippen LogP contribution in [0.15, 0.2) is 90.5 Å². The number of allylic oxidation sites excluding steroid dienone is 3. The Kier molecular flexibility index (Phi) is 14.4. The molecule has 3 aliphatic rings. The molecule has 0 aromatic heterocycles. The van der Waals surface area contributed by atoms with Gasteiger partial charge in [-0.2, -0.15) is 0 Å². The number of nitrogens with zero attached hydrogens (tertiary/aromatic N) is 1. The molecule has 8 atom stereocenters. The van der Waals surface area contributed by atoms with E-state index in [1.54, 1.807) is 39.2 Å². The number of ether oxygens (including phenoxy) is 6. The number of esters is 1. The first-order valence-corrected chi connectivity index (χ1v) is 21.0. The summed E-state index contributed by atoms with van der Waals surface area (Å²) in [6.45, 7) is 7.04. The van der Waals surface area contributed by atoms with Crippen LogP contribution in [0.3, 0.4) is 0 Å². The zero-order chi connectivity index (χ0) is 44.9. The maximum Gasteiger partial charge on any atom is 0.410 e. The Hall–Kier alpha value is -5.41. The topological polar surface area (TPSA) is 174 Å². The number of likely N-dealkylation sites (N-methyl/N-ethyl adjacent to an activating group) is 1. The molecule has 3 amide bonds. The molecule has 0 saturated carbocycles. The molecule has 2 saturated heterocycles. The van der Waals surface area contributed by atoms with E-state index < -0.39 is 71.8 Å². The van der Waals surface area contributed by atoms with E-state index in [9.17, 15) is 24.3 Å². The van der Waals surface area contributed by atoms with Gasteiger partial charge in [0, 0.05) is 39.5 Å². The highest BCUT2D eigenvalue weighted by Gasteiger charge is 2.64. The van der Waals surface area contributed by atoms with Gasteiger partial charge in [0.2, 0.25) is 5.91 Å². The third-order valence-corrected chi connectivity index (χ3v) is 12.5. The summed E-state index contributed by atoms with van der Waals surface area (Å²) < 4.78 is 34.6. The van der Waals surface area contributed by atoms with Gasteiger partial charge in [-0.3, -0.25) is 15.0 Å². The van der Waals surface area contributed by atoms with Crippen LogP contribution in [0.25, 0.3) is 11.1 Å². The second-order valence-corrected chi connectivity index (χ2v) is 16.8. The van der Waals surface area contributed by atoms with E-state index in [1.165, 1.54) is 28.1 Å². The predicted octanol–water partition coefficient (Wildman–Crippen LogP) is 6.71. The zero-order valence-electron chi connectivity index (χ0n) is 36.3. The fourth-order valence-corrected chi connectivity index (χ4v) is 8.57. The van der Waals surface area contributed by atoms with Gasteiger partial charge in [-0.05, 0) is 67.1 Å². The number of cyclic esters (lactones) is 1. The molecule has 3 aromatic rings. The fourth-order valence-electron chi connectivity index (χ4n) is 8.38. The molecule has 3 N–H and O–H groups in total. The van der Waals surface area contributed by atoms with Crippen LogP contribution in [0.1, 0.15) is 63.1 Å². The second kappa shape index (κ2) is 19.3. The number of nitrogens with one attached hydrogen (secondary N) is 2. The fraction of sp³-hybridized carbons (Fsp3) is 0.447. The molecule has 2 fully saturated rings. The van der Waals surface area contributed by atoms with E-state index in [1.807, 2.05) is 73.7 Å². The maximum absolute atomic E-state index is 13.7. The van der Waals surface area contributed by atoms with Crippen molar-refractivity contribution in [2.45, 2.75) is 94.7 Å². The van der Waals surface area contributed by atoms with Gasteiger partial charge >= 0.3 is 18.2 Å². The first-order valence-electron chi connectivity index (χ1n) is 20.6. The number of benzene rings is 3. The Labute approximate surface area is 367 Å². The van der Waals surface area contributed by atoms with Gasteiger partial charge in [0.25, 0.3) is 0 Å². The van der Waals surface area contributed by atoms with Crippen LogP contribution in [0.4, 0.5) is 9.59 Å². The summed E-state index contributed by atoms with van der Waals surface area (Å²) in [4.78, 5) is 53.9. The Balaban J connectivity index is 1.08. The molecule has 8 unspecified atom stereocenters. The SMILES string of the molecule is CNC(=O)CC(OC(=O)C(C)N(C)C(=O)OCC1c2ccccc2-c2ccccc21)C1(C)OC1C(C)C1CC(O)(C(/C=C/C=C(\C)Cc2ccc(Cl)c(OC)c2)OC)NC(=O)O1. The summed E-state index contributed by atoms with van der Waals surface area (Å²) >= 11 is 6.17. The van der Waals surface area contributed by atoms with E-state index in [0.29, 0.717) is 17.2 Å². The molecule has 6 rings (SSSR count). The van der Waals surface area contributed by atoms with Gasteiger partial charge < -0.3 is 38.8 Å². The Morgan fingerprint density at radius 2 is 1.73 bits per heavy atom. The number of methoxy groups -OCH3 is 2. The van der Waals surface area contributed by atoms with Crippen LogP contribution in [0.5, 0.6) is 5.75 Å². The molecule has 0 radical (unpaired) electrons. The van der Waals surface area contributed by atoms with E-state index in [-0.39, 0.29) is 25.4 Å². The molecular weight excluding hydrogens is 818 g/mol. The summed E-state index contributed by atoms with van der Waals surface area (Å²) in [5.74, 6) is -1.30. The van der Waals surface area contributed by atoms with E-state index in [2.05, 4.69) is 10.6 Å². The number of hydrogen-bond acceptors (Lipinski definition) is 11. The molecule has 3 aromatic carbocycles. The van der Waals surface area contributed by atoms with Crippen LogP contribution >= 0.6 is 11.6 Å². The molecule has 2 heterocycles. The molecule has 62 heavy (non-hydrogen) atoms. The third-order valence-electron chi connectivity index (χ3n) is 12.2. The van der Waals surface area contributed by atoms with Crippen molar-refractivity contribution in [2.75, 3.05) is 34.9 Å². The second-order valence-electron chi connectivity index (χ2n) is 16.4. The average molecular weight is 874 g/mol. The van der Waals surface area contributed by atoms with E-state index >= 15 is 0 Å². The third kappa shape index (κ3) is 9.94. The number of hydrogen-bond donors (Lipinski definition) is 3. The summed E-state index contributed by atoms with van der Waals surface area (Å²) in [5.41, 5.74) is 3.26. The molecule has 14 nitrogen and oxygen atoms in total. The lowest BCUT2D eigenvalue weighted by Crippen LogP contribution is -2.63. The average Bonchev–Trinajstić information content (AvgIpc) is 3.86. The Morgan fingerprint density at radius 3 is 2.35 bits per heavy atom. The smallest absolute Gasteiger partial charge is 0.410 e. The molecule has 15 heteroatoms. The van der Waals surface area contributed by atoms with Crippen molar-refractivity contribution in [3.05, 3.63) is 112 Å². The first-order chi connectivity index (χ1) is 29.5. The molecule has 0 spiro atoms. The van der Waals surface area contributed by atoms with Crippen molar-refractivity contribution in [1.82, 2.24) is 15.5 Å².